The maximum Gasteiger partial charge on any atom is 0.0256 e. The second-order valence-electron chi connectivity index (χ2n) is 3.98. The van der Waals surface area contributed by atoms with Crippen LogP contribution in [-0.4, -0.2) is 6.04 Å². The Kier molecular flexibility index (Phi) is 3.00. The minimum Gasteiger partial charge on any atom is -0.324 e. The molecule has 1 aromatic carbocycles. The molecule has 0 saturated heterocycles. The molecule has 0 spiro atoms. The predicted octanol–water partition coefficient (Wildman–Crippen LogP) is 2.97. The Morgan fingerprint density at radius 3 is 2.64 bits per heavy atom. The largest absolute Gasteiger partial charge is 0.324 e. The van der Waals surface area contributed by atoms with Gasteiger partial charge in [-0.3, -0.25) is 0 Å². The fraction of sp³-hybridized carbons (Fsp3) is 0.385. The molecule has 1 fully saturated rings. The van der Waals surface area contributed by atoms with Crippen molar-refractivity contribution in [3.05, 3.63) is 41.5 Å². The van der Waals surface area contributed by atoms with Crippen molar-refractivity contribution in [1.29, 1.82) is 0 Å². The maximum atomic E-state index is 6.06. The highest BCUT2D eigenvalue weighted by molar-refractivity contribution is 5.54. The molecular weight excluding hydrogens is 170 g/mol. The number of rotatable bonds is 1. The summed E-state index contributed by atoms with van der Waals surface area (Å²) in [6.07, 6.45) is 7.16. The van der Waals surface area contributed by atoms with Crippen LogP contribution in [0.1, 0.15) is 31.2 Å². The van der Waals surface area contributed by atoms with E-state index in [2.05, 4.69) is 30.3 Å². The molecule has 74 valence electrons. The second kappa shape index (κ2) is 4.43. The zero-order valence-electron chi connectivity index (χ0n) is 8.45. The molecule has 0 aliphatic heterocycles. The van der Waals surface area contributed by atoms with E-state index in [4.69, 9.17) is 5.73 Å². The number of benzene rings is 1. The van der Waals surface area contributed by atoms with E-state index >= 15 is 0 Å². The molecule has 1 unspecified atom stereocenters. The molecule has 1 aliphatic rings. The lowest BCUT2D eigenvalue weighted by Crippen LogP contribution is -2.25. The fourth-order valence-corrected chi connectivity index (χ4v) is 2.01. The predicted molar refractivity (Wildman–Crippen MR) is 60.9 cm³/mol. The Morgan fingerprint density at radius 2 is 1.93 bits per heavy atom. The molecule has 1 aliphatic carbocycles. The lowest BCUT2D eigenvalue weighted by atomic mass is 9.89. The Morgan fingerprint density at radius 1 is 1.14 bits per heavy atom. The summed E-state index contributed by atoms with van der Waals surface area (Å²) in [5.74, 6) is 0. The second-order valence-corrected chi connectivity index (χ2v) is 3.98. The molecule has 1 saturated carbocycles. The maximum absolute atomic E-state index is 6.06. The van der Waals surface area contributed by atoms with Crippen molar-refractivity contribution in [2.45, 2.75) is 31.7 Å². The van der Waals surface area contributed by atoms with Gasteiger partial charge in [-0.15, -0.1) is 0 Å². The number of nitrogens with two attached hydrogens (primary N) is 1. The topological polar surface area (TPSA) is 26.0 Å². The van der Waals surface area contributed by atoms with Crippen molar-refractivity contribution >= 4 is 6.08 Å². The van der Waals surface area contributed by atoms with E-state index in [0.29, 0.717) is 6.04 Å². The van der Waals surface area contributed by atoms with Gasteiger partial charge in [0.05, 0.1) is 0 Å². The highest BCUT2D eigenvalue weighted by Gasteiger charge is 2.13. The van der Waals surface area contributed by atoms with Gasteiger partial charge in [-0.05, 0) is 24.8 Å². The van der Waals surface area contributed by atoms with Gasteiger partial charge in [0.25, 0.3) is 0 Å². The summed E-state index contributed by atoms with van der Waals surface area (Å²) in [4.78, 5) is 0. The van der Waals surface area contributed by atoms with Crippen LogP contribution < -0.4 is 5.73 Å². The SMILES string of the molecule is NC1CCCC/C1=C\c1ccccc1. The molecule has 2 N–H and O–H groups in total. The van der Waals surface area contributed by atoms with Crippen LogP contribution in [0.3, 0.4) is 0 Å². The van der Waals surface area contributed by atoms with E-state index in [-0.39, 0.29) is 0 Å². The van der Waals surface area contributed by atoms with Gasteiger partial charge in [0.1, 0.15) is 0 Å². The van der Waals surface area contributed by atoms with E-state index < -0.39 is 0 Å². The molecule has 0 heterocycles. The normalized spacial score (nSPS) is 25.2. The first-order chi connectivity index (χ1) is 6.86. The van der Waals surface area contributed by atoms with Gasteiger partial charge < -0.3 is 5.73 Å². The van der Waals surface area contributed by atoms with Crippen molar-refractivity contribution in [2.75, 3.05) is 0 Å². The van der Waals surface area contributed by atoms with Gasteiger partial charge >= 0.3 is 0 Å². The first-order valence-corrected chi connectivity index (χ1v) is 5.37. The first kappa shape index (κ1) is 9.47. The summed E-state index contributed by atoms with van der Waals surface area (Å²) < 4.78 is 0. The molecule has 0 bridgehead atoms. The minimum atomic E-state index is 0.295. The molecule has 14 heavy (non-hydrogen) atoms. The molecule has 1 atom stereocenters. The van der Waals surface area contributed by atoms with Gasteiger partial charge in [0.15, 0.2) is 0 Å². The number of hydrogen-bond acceptors (Lipinski definition) is 1. The van der Waals surface area contributed by atoms with Gasteiger partial charge in [0.2, 0.25) is 0 Å². The smallest absolute Gasteiger partial charge is 0.0256 e. The van der Waals surface area contributed by atoms with Crippen LogP contribution in [0.25, 0.3) is 6.08 Å². The zero-order valence-corrected chi connectivity index (χ0v) is 8.45. The molecule has 1 nitrogen and oxygen atoms in total. The van der Waals surface area contributed by atoms with Crippen molar-refractivity contribution in [2.24, 2.45) is 5.73 Å². The summed E-state index contributed by atoms with van der Waals surface area (Å²) in [6, 6.07) is 10.7. The lowest BCUT2D eigenvalue weighted by molar-refractivity contribution is 0.540. The number of hydrogen-bond donors (Lipinski definition) is 1. The molecule has 0 radical (unpaired) electrons. The molecule has 1 aromatic rings. The Balaban J connectivity index is 2.17. The molecule has 2 rings (SSSR count). The van der Waals surface area contributed by atoms with E-state index in [0.717, 1.165) is 6.42 Å². The third-order valence-corrected chi connectivity index (χ3v) is 2.86. The van der Waals surface area contributed by atoms with Crippen molar-refractivity contribution in [1.82, 2.24) is 0 Å². The zero-order chi connectivity index (χ0) is 9.80. The molecule has 1 heteroatoms. The van der Waals surface area contributed by atoms with Crippen molar-refractivity contribution in [3.8, 4) is 0 Å². The van der Waals surface area contributed by atoms with Gasteiger partial charge in [-0.25, -0.2) is 0 Å². The summed E-state index contributed by atoms with van der Waals surface area (Å²) in [5, 5.41) is 0. The van der Waals surface area contributed by atoms with Crippen molar-refractivity contribution in [3.63, 3.8) is 0 Å². The van der Waals surface area contributed by atoms with Crippen LogP contribution >= 0.6 is 0 Å². The Bertz CT molecular complexity index is 313. The fourth-order valence-electron chi connectivity index (χ4n) is 2.01. The summed E-state index contributed by atoms with van der Waals surface area (Å²) >= 11 is 0. The van der Waals surface area contributed by atoms with Crippen LogP contribution in [0, 0.1) is 0 Å². The first-order valence-electron chi connectivity index (χ1n) is 5.37. The average Bonchev–Trinajstić information content (AvgIpc) is 2.23. The van der Waals surface area contributed by atoms with Crippen LogP contribution in [0.2, 0.25) is 0 Å². The van der Waals surface area contributed by atoms with E-state index in [1.807, 2.05) is 6.07 Å². The monoisotopic (exact) mass is 187 g/mol. The standard InChI is InChI=1S/C13H17N/c14-13-9-5-4-8-12(13)10-11-6-2-1-3-7-11/h1-3,6-7,10,13H,4-5,8-9,14H2/b12-10+. The highest BCUT2D eigenvalue weighted by Crippen LogP contribution is 2.24. The van der Waals surface area contributed by atoms with Crippen LogP contribution in [0.5, 0.6) is 0 Å². The van der Waals surface area contributed by atoms with Crippen LogP contribution in [0.15, 0.2) is 35.9 Å². The van der Waals surface area contributed by atoms with Crippen LogP contribution in [0.4, 0.5) is 0 Å². The molecule has 0 aromatic heterocycles. The van der Waals surface area contributed by atoms with E-state index in [1.54, 1.807) is 0 Å². The Hall–Kier alpha value is -1.08. The molecular formula is C13H17N. The van der Waals surface area contributed by atoms with Gasteiger partial charge in [-0.2, -0.15) is 0 Å². The minimum absolute atomic E-state index is 0.295. The quantitative estimate of drug-likeness (QED) is 0.718. The Labute approximate surface area is 85.6 Å². The average molecular weight is 187 g/mol. The summed E-state index contributed by atoms with van der Waals surface area (Å²) in [5.41, 5.74) is 8.76. The van der Waals surface area contributed by atoms with Gasteiger partial charge in [-0.1, -0.05) is 48.4 Å². The van der Waals surface area contributed by atoms with E-state index in [1.165, 1.54) is 30.4 Å². The van der Waals surface area contributed by atoms with Crippen LogP contribution in [-0.2, 0) is 0 Å². The van der Waals surface area contributed by atoms with E-state index in [9.17, 15) is 0 Å². The third kappa shape index (κ3) is 2.24. The highest BCUT2D eigenvalue weighted by atomic mass is 14.6. The summed E-state index contributed by atoms with van der Waals surface area (Å²) in [7, 11) is 0. The molecule has 0 amide bonds. The lowest BCUT2D eigenvalue weighted by Gasteiger charge is -2.21. The van der Waals surface area contributed by atoms with Gasteiger partial charge in [0, 0.05) is 6.04 Å². The third-order valence-electron chi connectivity index (χ3n) is 2.86. The summed E-state index contributed by atoms with van der Waals surface area (Å²) in [6.45, 7) is 0. The van der Waals surface area contributed by atoms with Crippen molar-refractivity contribution < 1.29 is 0 Å².